The maximum Gasteiger partial charge on any atom is 0.234 e. The van der Waals surface area contributed by atoms with Gasteiger partial charge in [0.15, 0.2) is 0 Å². The first kappa shape index (κ1) is 15.3. The average Bonchev–Trinajstić information content (AvgIpc) is 2.35. The van der Waals surface area contributed by atoms with E-state index in [1.807, 2.05) is 25.7 Å². The van der Waals surface area contributed by atoms with Crippen LogP contribution < -0.4 is 5.32 Å². The number of amides is 1. The molecule has 1 aromatic rings. The third-order valence-electron chi connectivity index (χ3n) is 3.15. The SMILES string of the molecule is CCNC(=O)CN(CC)C(C)c1c(O)cccc1O. The van der Waals surface area contributed by atoms with Crippen molar-refractivity contribution in [3.63, 3.8) is 0 Å². The van der Waals surface area contributed by atoms with E-state index in [1.54, 1.807) is 6.07 Å². The highest BCUT2D eigenvalue weighted by molar-refractivity contribution is 5.78. The first-order chi connectivity index (χ1) is 9.01. The van der Waals surface area contributed by atoms with E-state index >= 15 is 0 Å². The maximum absolute atomic E-state index is 11.6. The second kappa shape index (κ2) is 6.99. The summed E-state index contributed by atoms with van der Waals surface area (Å²) in [4.78, 5) is 13.5. The molecule has 1 aromatic carbocycles. The van der Waals surface area contributed by atoms with E-state index in [0.717, 1.165) is 0 Å². The molecule has 0 aliphatic rings. The topological polar surface area (TPSA) is 72.8 Å². The second-order valence-electron chi connectivity index (χ2n) is 4.40. The Morgan fingerprint density at radius 3 is 2.37 bits per heavy atom. The van der Waals surface area contributed by atoms with Crippen LogP contribution in [0.4, 0.5) is 0 Å². The Morgan fingerprint density at radius 1 is 1.32 bits per heavy atom. The van der Waals surface area contributed by atoms with Crippen molar-refractivity contribution in [2.45, 2.75) is 26.8 Å². The number of aromatic hydroxyl groups is 2. The van der Waals surface area contributed by atoms with Crippen molar-refractivity contribution < 1.29 is 15.0 Å². The standard InChI is InChI=1S/C14H22N2O3/c1-4-15-13(19)9-16(5-2)10(3)14-11(17)7-6-8-12(14)18/h6-8,10,17-18H,4-5,9H2,1-3H3,(H,15,19). The van der Waals surface area contributed by atoms with Gasteiger partial charge in [0.05, 0.1) is 12.1 Å². The van der Waals surface area contributed by atoms with Gasteiger partial charge in [0, 0.05) is 12.6 Å². The van der Waals surface area contributed by atoms with Crippen LogP contribution >= 0.6 is 0 Å². The van der Waals surface area contributed by atoms with E-state index in [4.69, 9.17) is 0 Å². The lowest BCUT2D eigenvalue weighted by Crippen LogP contribution is -2.38. The molecule has 0 aromatic heterocycles. The fourth-order valence-electron chi connectivity index (χ4n) is 2.11. The number of hydrogen-bond acceptors (Lipinski definition) is 4. The van der Waals surface area contributed by atoms with Crippen molar-refractivity contribution in [3.8, 4) is 11.5 Å². The fraction of sp³-hybridized carbons (Fsp3) is 0.500. The predicted molar refractivity (Wildman–Crippen MR) is 74.1 cm³/mol. The quantitative estimate of drug-likeness (QED) is 0.731. The van der Waals surface area contributed by atoms with Crippen LogP contribution in [0.3, 0.4) is 0 Å². The summed E-state index contributed by atoms with van der Waals surface area (Å²) in [6.07, 6.45) is 0. The zero-order valence-electron chi connectivity index (χ0n) is 11.7. The molecule has 1 atom stereocenters. The van der Waals surface area contributed by atoms with E-state index in [2.05, 4.69) is 5.32 Å². The monoisotopic (exact) mass is 266 g/mol. The molecule has 0 bridgehead atoms. The summed E-state index contributed by atoms with van der Waals surface area (Å²) in [5.41, 5.74) is 0.452. The van der Waals surface area contributed by atoms with Crippen molar-refractivity contribution in [1.29, 1.82) is 0 Å². The third-order valence-corrected chi connectivity index (χ3v) is 3.15. The van der Waals surface area contributed by atoms with Crippen LogP contribution in [0.1, 0.15) is 32.4 Å². The number of likely N-dealkylation sites (N-methyl/N-ethyl adjacent to an activating group) is 2. The van der Waals surface area contributed by atoms with Crippen molar-refractivity contribution in [3.05, 3.63) is 23.8 Å². The second-order valence-corrected chi connectivity index (χ2v) is 4.40. The number of benzene rings is 1. The number of phenolic OH excluding ortho intramolecular Hbond substituents is 2. The molecule has 0 aliphatic carbocycles. The van der Waals surface area contributed by atoms with Gasteiger partial charge in [-0.15, -0.1) is 0 Å². The smallest absolute Gasteiger partial charge is 0.234 e. The van der Waals surface area contributed by atoms with Crippen LogP contribution in [0, 0.1) is 0 Å². The van der Waals surface area contributed by atoms with Gasteiger partial charge < -0.3 is 15.5 Å². The molecule has 1 amide bonds. The van der Waals surface area contributed by atoms with Crippen LogP contribution in [0.15, 0.2) is 18.2 Å². The first-order valence-corrected chi connectivity index (χ1v) is 6.52. The predicted octanol–water partition coefficient (Wildman–Crippen LogP) is 1.62. The molecular weight excluding hydrogens is 244 g/mol. The summed E-state index contributed by atoms with van der Waals surface area (Å²) in [7, 11) is 0. The van der Waals surface area contributed by atoms with Crippen LogP contribution in [-0.2, 0) is 4.79 Å². The van der Waals surface area contributed by atoms with Crippen LogP contribution in [-0.4, -0.2) is 40.7 Å². The molecule has 0 fully saturated rings. The zero-order valence-corrected chi connectivity index (χ0v) is 11.7. The summed E-state index contributed by atoms with van der Waals surface area (Å²) in [5, 5.41) is 22.5. The Bertz CT molecular complexity index is 414. The van der Waals surface area contributed by atoms with Crippen molar-refractivity contribution in [2.75, 3.05) is 19.6 Å². The molecule has 5 heteroatoms. The molecule has 0 heterocycles. The molecule has 0 radical (unpaired) electrons. The summed E-state index contributed by atoms with van der Waals surface area (Å²) in [5.74, 6) is 0.0230. The van der Waals surface area contributed by atoms with Crippen molar-refractivity contribution in [1.82, 2.24) is 10.2 Å². The number of nitrogens with zero attached hydrogens (tertiary/aromatic N) is 1. The number of carbonyl (C=O) groups excluding carboxylic acids is 1. The zero-order chi connectivity index (χ0) is 14.4. The molecule has 3 N–H and O–H groups in total. The Hall–Kier alpha value is -1.75. The van der Waals surface area contributed by atoms with Gasteiger partial charge >= 0.3 is 0 Å². The minimum absolute atomic E-state index is 0.0434. The molecule has 5 nitrogen and oxygen atoms in total. The largest absolute Gasteiger partial charge is 0.507 e. The molecule has 1 unspecified atom stereocenters. The first-order valence-electron chi connectivity index (χ1n) is 6.52. The van der Waals surface area contributed by atoms with E-state index in [0.29, 0.717) is 18.7 Å². The highest BCUT2D eigenvalue weighted by Gasteiger charge is 2.22. The van der Waals surface area contributed by atoms with E-state index < -0.39 is 0 Å². The van der Waals surface area contributed by atoms with Gasteiger partial charge in [-0.2, -0.15) is 0 Å². The lowest BCUT2D eigenvalue weighted by Gasteiger charge is -2.28. The minimum Gasteiger partial charge on any atom is -0.507 e. The average molecular weight is 266 g/mol. The van der Waals surface area contributed by atoms with Crippen LogP contribution in [0.2, 0.25) is 0 Å². The number of phenols is 2. The number of rotatable bonds is 6. The van der Waals surface area contributed by atoms with E-state index in [-0.39, 0.29) is 30.0 Å². The van der Waals surface area contributed by atoms with Crippen molar-refractivity contribution >= 4 is 5.91 Å². The van der Waals surface area contributed by atoms with Gasteiger partial charge in [0.1, 0.15) is 11.5 Å². The molecule has 0 saturated carbocycles. The molecule has 106 valence electrons. The summed E-state index contributed by atoms with van der Waals surface area (Å²) in [6.45, 7) is 7.13. The Morgan fingerprint density at radius 2 is 1.89 bits per heavy atom. The van der Waals surface area contributed by atoms with Crippen LogP contribution in [0.25, 0.3) is 0 Å². The maximum atomic E-state index is 11.6. The van der Waals surface area contributed by atoms with Gasteiger partial charge in [-0.3, -0.25) is 9.69 Å². The Balaban J connectivity index is 2.89. The van der Waals surface area contributed by atoms with Gasteiger partial charge in [-0.1, -0.05) is 13.0 Å². The summed E-state index contributed by atoms with van der Waals surface area (Å²) < 4.78 is 0. The Labute approximate surface area is 113 Å². The summed E-state index contributed by atoms with van der Waals surface area (Å²) >= 11 is 0. The van der Waals surface area contributed by atoms with Gasteiger partial charge in [-0.05, 0) is 32.5 Å². The van der Waals surface area contributed by atoms with Gasteiger partial charge in [0.2, 0.25) is 5.91 Å². The molecule has 1 rings (SSSR count). The molecule has 0 saturated heterocycles. The number of hydrogen-bond donors (Lipinski definition) is 3. The van der Waals surface area contributed by atoms with Crippen molar-refractivity contribution in [2.24, 2.45) is 0 Å². The lowest BCUT2D eigenvalue weighted by molar-refractivity contribution is -0.122. The number of carbonyl (C=O) groups is 1. The Kier molecular flexibility index (Phi) is 5.63. The highest BCUT2D eigenvalue weighted by Crippen LogP contribution is 2.35. The van der Waals surface area contributed by atoms with Gasteiger partial charge in [-0.25, -0.2) is 0 Å². The third kappa shape index (κ3) is 3.86. The molecule has 0 spiro atoms. The van der Waals surface area contributed by atoms with Gasteiger partial charge in [0.25, 0.3) is 0 Å². The molecule has 0 aliphatic heterocycles. The molecular formula is C14H22N2O3. The lowest BCUT2D eigenvalue weighted by atomic mass is 10.0. The van der Waals surface area contributed by atoms with Crippen LogP contribution in [0.5, 0.6) is 11.5 Å². The highest BCUT2D eigenvalue weighted by atomic mass is 16.3. The fourth-order valence-corrected chi connectivity index (χ4v) is 2.11. The van der Waals surface area contributed by atoms with E-state index in [1.165, 1.54) is 12.1 Å². The minimum atomic E-state index is -0.242. The number of nitrogens with one attached hydrogen (secondary N) is 1. The summed E-state index contributed by atoms with van der Waals surface area (Å²) in [6, 6.07) is 4.41. The molecule has 19 heavy (non-hydrogen) atoms. The normalized spacial score (nSPS) is 12.4. The van der Waals surface area contributed by atoms with E-state index in [9.17, 15) is 15.0 Å².